The number of anilines is 1. The van der Waals surface area contributed by atoms with E-state index in [1.165, 1.54) is 5.69 Å². The highest BCUT2D eigenvalue weighted by Crippen LogP contribution is 2.24. The standard InChI is InChI=1S/C25H33N5O4/c31-23-10-4-12-30(23)13-6-11-26-24(32)25(33)27-19-21(22-9-5-18-34-22)29-16-14-28(15-17-29)20-7-2-1-3-8-20/h1-3,5,7-9,18,21H,4,6,10-17,19H2,(H,26,32)(H,27,33)/t21-/m0/s1. The van der Waals surface area contributed by atoms with Crippen LogP contribution in [0.4, 0.5) is 5.69 Å². The lowest BCUT2D eigenvalue weighted by atomic mass is 10.1. The molecule has 3 amide bonds. The van der Waals surface area contributed by atoms with Gasteiger partial charge < -0.3 is 24.9 Å². The first kappa shape index (κ1) is 23.8. The molecule has 0 bridgehead atoms. The van der Waals surface area contributed by atoms with Gasteiger partial charge in [-0.05, 0) is 37.1 Å². The number of piperazine rings is 1. The number of amides is 3. The van der Waals surface area contributed by atoms with E-state index in [-0.39, 0.29) is 18.5 Å². The van der Waals surface area contributed by atoms with E-state index in [4.69, 9.17) is 4.42 Å². The van der Waals surface area contributed by atoms with Crippen LogP contribution in [0.15, 0.2) is 53.1 Å². The van der Waals surface area contributed by atoms with Crippen LogP contribution in [0, 0.1) is 0 Å². The molecule has 0 unspecified atom stereocenters. The highest BCUT2D eigenvalue weighted by atomic mass is 16.3. The van der Waals surface area contributed by atoms with Crippen LogP contribution < -0.4 is 15.5 Å². The summed E-state index contributed by atoms with van der Waals surface area (Å²) in [6.45, 7) is 5.41. The molecule has 2 aliphatic rings. The van der Waals surface area contributed by atoms with Crippen molar-refractivity contribution in [2.45, 2.75) is 25.3 Å². The molecule has 1 aromatic carbocycles. The molecule has 3 heterocycles. The Hall–Kier alpha value is -3.33. The van der Waals surface area contributed by atoms with Crippen molar-refractivity contribution in [3.05, 3.63) is 54.5 Å². The molecule has 2 aliphatic heterocycles. The molecule has 34 heavy (non-hydrogen) atoms. The second-order valence-corrected chi connectivity index (χ2v) is 8.69. The minimum atomic E-state index is -0.656. The molecule has 1 atom stereocenters. The third-order valence-corrected chi connectivity index (χ3v) is 6.47. The molecule has 0 radical (unpaired) electrons. The minimum Gasteiger partial charge on any atom is -0.468 e. The fourth-order valence-electron chi connectivity index (χ4n) is 4.58. The average Bonchev–Trinajstić information content (AvgIpc) is 3.55. The second-order valence-electron chi connectivity index (χ2n) is 8.69. The first-order valence-corrected chi connectivity index (χ1v) is 12.0. The van der Waals surface area contributed by atoms with Crippen molar-refractivity contribution in [2.24, 2.45) is 0 Å². The lowest BCUT2D eigenvalue weighted by Gasteiger charge is -2.39. The molecule has 0 aliphatic carbocycles. The third kappa shape index (κ3) is 6.17. The summed E-state index contributed by atoms with van der Waals surface area (Å²) in [7, 11) is 0. The number of hydrogen-bond donors (Lipinski definition) is 2. The van der Waals surface area contributed by atoms with Gasteiger partial charge in [-0.2, -0.15) is 0 Å². The largest absolute Gasteiger partial charge is 0.468 e. The number of rotatable bonds is 9. The summed E-state index contributed by atoms with van der Waals surface area (Å²) in [5.74, 6) is -0.377. The lowest BCUT2D eigenvalue weighted by molar-refractivity contribution is -0.139. The summed E-state index contributed by atoms with van der Waals surface area (Å²) >= 11 is 0. The lowest BCUT2D eigenvalue weighted by Crippen LogP contribution is -2.50. The first-order chi connectivity index (χ1) is 16.6. The van der Waals surface area contributed by atoms with E-state index in [1.807, 2.05) is 30.3 Å². The maximum Gasteiger partial charge on any atom is 0.309 e. The summed E-state index contributed by atoms with van der Waals surface area (Å²) in [6, 6.07) is 13.9. The van der Waals surface area contributed by atoms with Crippen LogP contribution >= 0.6 is 0 Å². The first-order valence-electron chi connectivity index (χ1n) is 12.0. The van der Waals surface area contributed by atoms with Crippen molar-refractivity contribution >= 4 is 23.4 Å². The molecule has 2 N–H and O–H groups in total. The summed E-state index contributed by atoms with van der Waals surface area (Å²) in [6.07, 6.45) is 3.76. The van der Waals surface area contributed by atoms with Gasteiger partial charge in [0.2, 0.25) is 5.91 Å². The van der Waals surface area contributed by atoms with E-state index in [0.717, 1.165) is 44.9 Å². The van der Waals surface area contributed by atoms with Crippen molar-refractivity contribution in [1.29, 1.82) is 0 Å². The Labute approximate surface area is 200 Å². The second kappa shape index (κ2) is 11.7. The Morgan fingerprint density at radius 2 is 1.71 bits per heavy atom. The van der Waals surface area contributed by atoms with E-state index < -0.39 is 11.8 Å². The summed E-state index contributed by atoms with van der Waals surface area (Å²) < 4.78 is 5.65. The molecule has 0 saturated carbocycles. The zero-order valence-electron chi connectivity index (χ0n) is 19.4. The van der Waals surface area contributed by atoms with Gasteiger partial charge in [0.25, 0.3) is 0 Å². The summed E-state index contributed by atoms with van der Waals surface area (Å²) in [5.41, 5.74) is 1.20. The molecule has 9 heteroatoms. The van der Waals surface area contributed by atoms with Crippen LogP contribution in [-0.4, -0.2) is 79.9 Å². The predicted octanol–water partition coefficient (Wildman–Crippen LogP) is 1.39. The number of nitrogens with one attached hydrogen (secondary N) is 2. The van der Waals surface area contributed by atoms with E-state index in [0.29, 0.717) is 25.9 Å². The van der Waals surface area contributed by atoms with Crippen LogP contribution in [0.5, 0.6) is 0 Å². The Morgan fingerprint density at radius 1 is 0.941 bits per heavy atom. The fraction of sp³-hybridized carbons (Fsp3) is 0.480. The van der Waals surface area contributed by atoms with Gasteiger partial charge in [0.1, 0.15) is 5.76 Å². The Bertz CT molecular complexity index is 941. The van der Waals surface area contributed by atoms with E-state index in [9.17, 15) is 14.4 Å². The monoisotopic (exact) mass is 467 g/mol. The molecule has 0 spiro atoms. The molecular weight excluding hydrogens is 434 g/mol. The number of hydrogen-bond acceptors (Lipinski definition) is 6. The maximum absolute atomic E-state index is 12.4. The number of para-hydroxylation sites is 1. The van der Waals surface area contributed by atoms with Crippen molar-refractivity contribution < 1.29 is 18.8 Å². The number of carbonyl (C=O) groups excluding carboxylic acids is 3. The third-order valence-electron chi connectivity index (χ3n) is 6.47. The van der Waals surface area contributed by atoms with Gasteiger partial charge in [-0.1, -0.05) is 18.2 Å². The average molecular weight is 468 g/mol. The Morgan fingerprint density at radius 3 is 2.38 bits per heavy atom. The number of likely N-dealkylation sites (tertiary alicyclic amines) is 1. The summed E-state index contributed by atoms with van der Waals surface area (Å²) in [4.78, 5) is 42.7. The van der Waals surface area contributed by atoms with Gasteiger partial charge in [0, 0.05) is 64.5 Å². The van der Waals surface area contributed by atoms with Crippen LogP contribution in [0.2, 0.25) is 0 Å². The molecule has 2 saturated heterocycles. The van der Waals surface area contributed by atoms with Crippen molar-refractivity contribution in [3.8, 4) is 0 Å². The quantitative estimate of drug-likeness (QED) is 0.427. The van der Waals surface area contributed by atoms with Crippen molar-refractivity contribution in [3.63, 3.8) is 0 Å². The predicted molar refractivity (Wildman–Crippen MR) is 128 cm³/mol. The fourth-order valence-corrected chi connectivity index (χ4v) is 4.58. The molecule has 4 rings (SSSR count). The maximum atomic E-state index is 12.4. The minimum absolute atomic E-state index is 0.147. The van der Waals surface area contributed by atoms with Crippen molar-refractivity contribution in [2.75, 3.05) is 57.3 Å². The zero-order chi connectivity index (χ0) is 23.8. The van der Waals surface area contributed by atoms with Crippen LogP contribution in [-0.2, 0) is 14.4 Å². The van der Waals surface area contributed by atoms with E-state index in [1.54, 1.807) is 11.2 Å². The number of benzene rings is 1. The van der Waals surface area contributed by atoms with Crippen LogP contribution in [0.1, 0.15) is 31.1 Å². The van der Waals surface area contributed by atoms with Gasteiger partial charge in [-0.25, -0.2) is 0 Å². The Kier molecular flexibility index (Phi) is 8.19. The Balaban J connectivity index is 1.23. The highest BCUT2D eigenvalue weighted by Gasteiger charge is 2.28. The SMILES string of the molecule is O=C(NCCCN1CCCC1=O)C(=O)NC[C@@H](c1ccco1)N1CCN(c2ccccc2)CC1. The topological polar surface area (TPSA) is 98.1 Å². The van der Waals surface area contributed by atoms with Gasteiger partial charge in [-0.15, -0.1) is 0 Å². The summed E-state index contributed by atoms with van der Waals surface area (Å²) in [5, 5.41) is 5.42. The molecular formula is C25H33N5O4. The van der Waals surface area contributed by atoms with Gasteiger partial charge >= 0.3 is 11.8 Å². The highest BCUT2D eigenvalue weighted by molar-refractivity contribution is 6.35. The molecule has 2 aromatic rings. The van der Waals surface area contributed by atoms with Gasteiger partial charge in [-0.3, -0.25) is 19.3 Å². The normalized spacial score (nSPS) is 17.6. The zero-order valence-corrected chi connectivity index (χ0v) is 19.4. The smallest absolute Gasteiger partial charge is 0.309 e. The van der Waals surface area contributed by atoms with Crippen molar-refractivity contribution in [1.82, 2.24) is 20.4 Å². The molecule has 182 valence electrons. The number of carbonyl (C=O) groups is 3. The van der Waals surface area contributed by atoms with Gasteiger partial charge in [0.05, 0.1) is 12.3 Å². The number of nitrogens with zero attached hydrogens (tertiary/aromatic N) is 3. The molecule has 2 fully saturated rings. The van der Waals surface area contributed by atoms with Crippen LogP contribution in [0.3, 0.4) is 0 Å². The van der Waals surface area contributed by atoms with E-state index >= 15 is 0 Å². The number of furan rings is 1. The van der Waals surface area contributed by atoms with Crippen LogP contribution in [0.25, 0.3) is 0 Å². The van der Waals surface area contributed by atoms with Gasteiger partial charge in [0.15, 0.2) is 0 Å². The molecule has 9 nitrogen and oxygen atoms in total. The molecule has 1 aromatic heterocycles. The van der Waals surface area contributed by atoms with E-state index in [2.05, 4.69) is 32.6 Å².